The van der Waals surface area contributed by atoms with E-state index in [0.717, 1.165) is 54.5 Å². The number of halogens is 4. The van der Waals surface area contributed by atoms with Gasteiger partial charge in [0.15, 0.2) is 0 Å². The number of nitrogens with zero attached hydrogens (tertiary/aromatic N) is 2. The first-order chi connectivity index (χ1) is 15.8. The van der Waals surface area contributed by atoms with Crippen molar-refractivity contribution in [3.63, 3.8) is 0 Å². The summed E-state index contributed by atoms with van der Waals surface area (Å²) in [7, 11) is 0. The maximum Gasteiger partial charge on any atom is 0.573 e. The van der Waals surface area contributed by atoms with Crippen LogP contribution in [0, 0.1) is 5.82 Å². The molecule has 0 saturated carbocycles. The van der Waals surface area contributed by atoms with Gasteiger partial charge in [-0.1, -0.05) is 0 Å². The number of carbonyl (C=O) groups excluding carboxylic acids is 1. The summed E-state index contributed by atoms with van der Waals surface area (Å²) in [6.07, 6.45) is 1.78. The second-order valence-corrected chi connectivity index (χ2v) is 8.67. The summed E-state index contributed by atoms with van der Waals surface area (Å²) in [5, 5.41) is 0.912. The molecule has 1 aliphatic carbocycles. The van der Waals surface area contributed by atoms with Crippen molar-refractivity contribution in [1.29, 1.82) is 0 Å². The number of H-pyrrole nitrogens is 1. The van der Waals surface area contributed by atoms with Gasteiger partial charge in [0.1, 0.15) is 17.2 Å². The summed E-state index contributed by atoms with van der Waals surface area (Å²) in [6, 6.07) is 4.92. The molecule has 3 heterocycles. The molecule has 3 aromatic rings. The first kappa shape index (κ1) is 21.7. The van der Waals surface area contributed by atoms with E-state index < -0.39 is 6.36 Å². The molecule has 0 radical (unpaired) electrons. The number of piperidine rings is 1. The van der Waals surface area contributed by atoms with E-state index in [9.17, 15) is 22.4 Å². The average molecular weight is 461 g/mol. The standard InChI is InChI=1S/C24H23F4N3O2/c25-18-13-29-22-21(17-3-1-2-4-19(17)30-22)20(18)14-9-11-31(12-10-14)23(32)15-5-7-16(8-6-15)33-24(26,27)28/h5-8,13-14H,1-4,9-12H2,(H,29,30). The summed E-state index contributed by atoms with van der Waals surface area (Å²) < 4.78 is 55.8. The van der Waals surface area contributed by atoms with Crippen molar-refractivity contribution in [3.05, 3.63) is 58.7 Å². The molecule has 0 unspecified atom stereocenters. The zero-order valence-electron chi connectivity index (χ0n) is 17.8. The van der Waals surface area contributed by atoms with E-state index in [2.05, 4.69) is 14.7 Å². The number of benzene rings is 1. The van der Waals surface area contributed by atoms with Crippen molar-refractivity contribution in [1.82, 2.24) is 14.9 Å². The molecule has 5 nitrogen and oxygen atoms in total. The van der Waals surface area contributed by atoms with Crippen LogP contribution < -0.4 is 4.74 Å². The van der Waals surface area contributed by atoms with Crippen LogP contribution in [0.1, 0.15) is 58.8 Å². The van der Waals surface area contributed by atoms with E-state index in [-0.39, 0.29) is 23.4 Å². The largest absolute Gasteiger partial charge is 0.573 e. The van der Waals surface area contributed by atoms with E-state index >= 15 is 0 Å². The van der Waals surface area contributed by atoms with E-state index in [0.29, 0.717) is 37.1 Å². The van der Waals surface area contributed by atoms with Crippen LogP contribution in [0.15, 0.2) is 30.5 Å². The smallest absolute Gasteiger partial charge is 0.406 e. The van der Waals surface area contributed by atoms with Crippen molar-refractivity contribution < 1.29 is 27.1 Å². The highest BCUT2D eigenvalue weighted by Gasteiger charge is 2.32. The number of amides is 1. The third-order valence-electron chi connectivity index (χ3n) is 6.63. The lowest BCUT2D eigenvalue weighted by Gasteiger charge is -2.33. The third kappa shape index (κ3) is 4.28. The number of pyridine rings is 1. The molecule has 1 amide bonds. The Balaban J connectivity index is 1.31. The van der Waals surface area contributed by atoms with Gasteiger partial charge in [0.05, 0.1) is 6.20 Å². The van der Waals surface area contributed by atoms with Crippen molar-refractivity contribution in [3.8, 4) is 5.75 Å². The summed E-state index contributed by atoms with van der Waals surface area (Å²) in [5.41, 5.74) is 4.05. The van der Waals surface area contributed by atoms with Crippen LogP contribution in [-0.4, -0.2) is 40.2 Å². The van der Waals surface area contributed by atoms with Crippen molar-refractivity contribution in [2.75, 3.05) is 13.1 Å². The number of likely N-dealkylation sites (tertiary alicyclic amines) is 1. The van der Waals surface area contributed by atoms with Crippen molar-refractivity contribution in [2.45, 2.75) is 50.8 Å². The Hall–Kier alpha value is -3.10. The Morgan fingerprint density at radius 3 is 2.48 bits per heavy atom. The molecular formula is C24H23F4N3O2. The molecule has 2 aromatic heterocycles. The second-order valence-electron chi connectivity index (χ2n) is 8.67. The number of hydrogen-bond donors (Lipinski definition) is 1. The van der Waals surface area contributed by atoms with Crippen LogP contribution >= 0.6 is 0 Å². The summed E-state index contributed by atoms with van der Waals surface area (Å²) in [5.74, 6) is -0.958. The predicted molar refractivity (Wildman–Crippen MR) is 114 cm³/mol. The minimum Gasteiger partial charge on any atom is -0.406 e. The van der Waals surface area contributed by atoms with Crippen LogP contribution in [0.3, 0.4) is 0 Å². The molecule has 1 fully saturated rings. The van der Waals surface area contributed by atoms with Gasteiger partial charge in [-0.05, 0) is 74.3 Å². The lowest BCUT2D eigenvalue weighted by molar-refractivity contribution is -0.274. The Bertz CT molecular complexity index is 1180. The Morgan fingerprint density at radius 2 is 1.79 bits per heavy atom. The third-order valence-corrected chi connectivity index (χ3v) is 6.63. The predicted octanol–water partition coefficient (Wildman–Crippen LogP) is 5.50. The van der Waals surface area contributed by atoms with E-state index in [1.165, 1.54) is 23.9 Å². The molecule has 9 heteroatoms. The van der Waals surface area contributed by atoms with Crippen LogP contribution in [0.2, 0.25) is 0 Å². The second kappa shape index (κ2) is 8.35. The van der Waals surface area contributed by atoms with Crippen LogP contribution in [0.4, 0.5) is 17.6 Å². The number of aryl methyl sites for hydroxylation is 2. The van der Waals surface area contributed by atoms with Crippen LogP contribution in [0.5, 0.6) is 5.75 Å². The molecule has 174 valence electrons. The van der Waals surface area contributed by atoms with E-state index in [4.69, 9.17) is 0 Å². The molecule has 1 saturated heterocycles. The molecule has 0 spiro atoms. The maximum atomic E-state index is 15.0. The Morgan fingerprint density at radius 1 is 1.09 bits per heavy atom. The number of rotatable bonds is 3. The lowest BCUT2D eigenvalue weighted by atomic mass is 9.85. The number of ether oxygens (including phenoxy) is 1. The monoisotopic (exact) mass is 461 g/mol. The Kier molecular flexibility index (Phi) is 5.50. The zero-order chi connectivity index (χ0) is 23.2. The Labute approximate surface area is 187 Å². The first-order valence-electron chi connectivity index (χ1n) is 11.1. The van der Waals surface area contributed by atoms with Crippen molar-refractivity contribution in [2.24, 2.45) is 0 Å². The van der Waals surface area contributed by atoms with Gasteiger partial charge in [-0.2, -0.15) is 0 Å². The molecule has 1 aliphatic heterocycles. The minimum atomic E-state index is -4.78. The fraction of sp³-hybridized carbons (Fsp3) is 0.417. The molecule has 1 N–H and O–H groups in total. The molecule has 2 aliphatic rings. The molecule has 0 atom stereocenters. The molecule has 33 heavy (non-hydrogen) atoms. The van der Waals surface area contributed by atoms with Gasteiger partial charge in [0, 0.05) is 35.3 Å². The topological polar surface area (TPSA) is 58.2 Å². The number of hydrogen-bond acceptors (Lipinski definition) is 3. The molecular weight excluding hydrogens is 438 g/mol. The summed E-state index contributed by atoms with van der Waals surface area (Å²) in [6.45, 7) is 0.889. The van der Waals surface area contributed by atoms with Crippen LogP contribution in [-0.2, 0) is 12.8 Å². The number of carbonyl (C=O) groups is 1. The van der Waals surface area contributed by atoms with E-state index in [1.807, 2.05) is 0 Å². The van der Waals surface area contributed by atoms with Gasteiger partial charge in [0.25, 0.3) is 5.91 Å². The number of nitrogens with one attached hydrogen (secondary N) is 1. The number of fused-ring (bicyclic) bond motifs is 3. The first-order valence-corrected chi connectivity index (χ1v) is 11.1. The number of alkyl halides is 3. The summed E-state index contributed by atoms with van der Waals surface area (Å²) >= 11 is 0. The highest BCUT2D eigenvalue weighted by molar-refractivity contribution is 5.94. The van der Waals surface area contributed by atoms with Crippen LogP contribution in [0.25, 0.3) is 11.0 Å². The van der Waals surface area contributed by atoms with E-state index in [1.54, 1.807) is 4.90 Å². The van der Waals surface area contributed by atoms with Gasteiger partial charge >= 0.3 is 6.36 Å². The van der Waals surface area contributed by atoms with Gasteiger partial charge in [-0.3, -0.25) is 4.79 Å². The van der Waals surface area contributed by atoms with Gasteiger partial charge < -0.3 is 14.6 Å². The SMILES string of the molecule is O=C(c1ccc(OC(F)(F)F)cc1)N1CCC(c2c(F)cnc3[nH]c4c(c23)CCCC4)CC1. The fourth-order valence-corrected chi connectivity index (χ4v) is 5.12. The molecule has 5 rings (SSSR count). The lowest BCUT2D eigenvalue weighted by Crippen LogP contribution is -2.38. The quantitative estimate of drug-likeness (QED) is 0.524. The molecule has 0 bridgehead atoms. The zero-order valence-corrected chi connectivity index (χ0v) is 17.8. The normalized spacial score (nSPS) is 17.3. The molecule has 1 aromatic carbocycles. The highest BCUT2D eigenvalue weighted by atomic mass is 19.4. The van der Waals surface area contributed by atoms with Gasteiger partial charge in [-0.15, -0.1) is 13.2 Å². The van der Waals surface area contributed by atoms with Gasteiger partial charge in [-0.25, -0.2) is 9.37 Å². The summed E-state index contributed by atoms with van der Waals surface area (Å²) in [4.78, 5) is 22.2. The number of aromatic nitrogens is 2. The minimum absolute atomic E-state index is 0.0241. The van der Waals surface area contributed by atoms with Crippen molar-refractivity contribution >= 4 is 16.9 Å². The fourth-order valence-electron chi connectivity index (χ4n) is 5.12. The van der Waals surface area contributed by atoms with Gasteiger partial charge in [0.2, 0.25) is 0 Å². The number of aromatic amines is 1. The average Bonchev–Trinajstić information content (AvgIpc) is 3.17. The maximum absolute atomic E-state index is 15.0. The highest BCUT2D eigenvalue weighted by Crippen LogP contribution is 2.39.